The number of para-hydroxylation sites is 1. The molecule has 0 unspecified atom stereocenters. The summed E-state index contributed by atoms with van der Waals surface area (Å²) in [7, 11) is 1.95. The monoisotopic (exact) mass is 334 g/mol. The maximum absolute atomic E-state index is 4.54. The van der Waals surface area contributed by atoms with Gasteiger partial charge in [0.1, 0.15) is 5.82 Å². The van der Waals surface area contributed by atoms with Crippen LogP contribution < -0.4 is 10.6 Å². The number of fused-ring (bicyclic) bond motifs is 1. The molecule has 1 aromatic carbocycles. The maximum Gasteiger partial charge on any atom is 0.130 e. The second kappa shape index (κ2) is 6.94. The first-order chi connectivity index (χ1) is 12.3. The van der Waals surface area contributed by atoms with Crippen molar-refractivity contribution >= 4 is 17.2 Å². The maximum atomic E-state index is 4.54. The van der Waals surface area contributed by atoms with E-state index in [9.17, 15) is 0 Å². The molecule has 0 amide bonds. The number of benzene rings is 1. The molecule has 2 aromatic heterocycles. The molecule has 3 heterocycles. The molecule has 1 aliphatic heterocycles. The number of aromatic nitrogens is 3. The Kier molecular flexibility index (Phi) is 4.35. The molecule has 6 nitrogen and oxygen atoms in total. The van der Waals surface area contributed by atoms with Crippen LogP contribution in [0, 0.1) is 0 Å². The number of hydrogen-bond donors (Lipinski definition) is 2. The van der Waals surface area contributed by atoms with E-state index in [2.05, 4.69) is 37.9 Å². The normalized spacial score (nSPS) is 14.4. The van der Waals surface area contributed by atoms with Gasteiger partial charge in [0.2, 0.25) is 0 Å². The predicted molar refractivity (Wildman–Crippen MR) is 99.8 cm³/mol. The summed E-state index contributed by atoms with van der Waals surface area (Å²) >= 11 is 0. The van der Waals surface area contributed by atoms with E-state index in [4.69, 9.17) is 0 Å². The van der Waals surface area contributed by atoms with Crippen LogP contribution in [0.4, 0.5) is 17.2 Å². The van der Waals surface area contributed by atoms with Crippen molar-refractivity contribution in [2.75, 3.05) is 23.7 Å². The molecular weight excluding hydrogens is 312 g/mol. The van der Waals surface area contributed by atoms with Gasteiger partial charge < -0.3 is 10.6 Å². The number of nitrogens with zero attached hydrogens (tertiary/aromatic N) is 4. The first-order valence-electron chi connectivity index (χ1n) is 8.51. The lowest BCUT2D eigenvalue weighted by atomic mass is 10.2. The van der Waals surface area contributed by atoms with E-state index in [1.165, 1.54) is 11.1 Å². The van der Waals surface area contributed by atoms with Crippen LogP contribution in [0.2, 0.25) is 0 Å². The summed E-state index contributed by atoms with van der Waals surface area (Å²) in [4.78, 5) is 6.97. The van der Waals surface area contributed by atoms with Gasteiger partial charge >= 0.3 is 0 Å². The van der Waals surface area contributed by atoms with Gasteiger partial charge in [-0.15, -0.1) is 0 Å². The van der Waals surface area contributed by atoms with Crippen molar-refractivity contribution in [1.29, 1.82) is 0 Å². The number of aryl methyl sites for hydroxylation is 1. The Morgan fingerprint density at radius 2 is 2.08 bits per heavy atom. The van der Waals surface area contributed by atoms with E-state index >= 15 is 0 Å². The number of hydrogen-bond acceptors (Lipinski definition) is 5. The highest BCUT2D eigenvalue weighted by atomic mass is 15.2. The van der Waals surface area contributed by atoms with Crippen LogP contribution in [0.15, 0.2) is 55.0 Å². The molecule has 4 rings (SSSR count). The van der Waals surface area contributed by atoms with E-state index in [1.807, 2.05) is 54.5 Å². The molecule has 0 spiro atoms. The van der Waals surface area contributed by atoms with E-state index in [1.54, 1.807) is 0 Å². The Bertz CT molecular complexity index is 842. The van der Waals surface area contributed by atoms with Crippen molar-refractivity contribution in [2.45, 2.75) is 13.1 Å². The highest BCUT2D eigenvalue weighted by Gasteiger charge is 2.16. The van der Waals surface area contributed by atoms with Crippen LogP contribution >= 0.6 is 0 Å². The molecule has 2 N–H and O–H groups in total. The van der Waals surface area contributed by atoms with Crippen molar-refractivity contribution in [3.8, 4) is 0 Å². The molecule has 128 valence electrons. The van der Waals surface area contributed by atoms with Gasteiger partial charge in [-0.2, -0.15) is 5.10 Å². The molecular formula is C19H22N6. The molecule has 0 saturated carbocycles. The zero-order chi connectivity index (χ0) is 17.1. The summed E-state index contributed by atoms with van der Waals surface area (Å²) < 4.78 is 1.85. The smallest absolute Gasteiger partial charge is 0.130 e. The fourth-order valence-corrected chi connectivity index (χ4v) is 3.14. The van der Waals surface area contributed by atoms with Gasteiger partial charge in [-0.3, -0.25) is 9.58 Å². The Morgan fingerprint density at radius 3 is 2.88 bits per heavy atom. The zero-order valence-electron chi connectivity index (χ0n) is 14.3. The molecule has 1 aliphatic rings. The largest absolute Gasteiger partial charge is 0.382 e. The van der Waals surface area contributed by atoms with E-state index < -0.39 is 0 Å². The third-order valence-electron chi connectivity index (χ3n) is 4.34. The van der Waals surface area contributed by atoms with Crippen LogP contribution in [-0.4, -0.2) is 32.8 Å². The average molecular weight is 334 g/mol. The van der Waals surface area contributed by atoms with Crippen LogP contribution in [-0.2, 0) is 20.1 Å². The molecule has 0 bridgehead atoms. The highest BCUT2D eigenvalue weighted by molar-refractivity contribution is 5.61. The van der Waals surface area contributed by atoms with E-state index in [-0.39, 0.29) is 0 Å². The van der Waals surface area contributed by atoms with E-state index in [0.29, 0.717) is 0 Å². The molecule has 0 aliphatic carbocycles. The fourth-order valence-electron chi connectivity index (χ4n) is 3.14. The second-order valence-electron chi connectivity index (χ2n) is 6.38. The lowest BCUT2D eigenvalue weighted by molar-refractivity contribution is 0.272. The summed E-state index contributed by atoms with van der Waals surface area (Å²) in [6.07, 6.45) is 5.94. The summed E-state index contributed by atoms with van der Waals surface area (Å²) in [5.74, 6) is 0.870. The highest BCUT2D eigenvalue weighted by Crippen LogP contribution is 2.24. The number of rotatable bonds is 4. The van der Waals surface area contributed by atoms with Crippen molar-refractivity contribution < 1.29 is 0 Å². The lowest BCUT2D eigenvalue weighted by Crippen LogP contribution is -2.25. The van der Waals surface area contributed by atoms with Crippen molar-refractivity contribution in [1.82, 2.24) is 19.7 Å². The number of anilines is 3. The standard InChI is InChI=1S/C19H22N6/c1-24-12-15(10-22-24)13-25-8-7-20-18-11-21-19(9-16(18)14-25)23-17-5-3-2-4-6-17/h2-6,9-12,20H,7-8,13-14H2,1H3,(H,21,23). The number of pyridine rings is 1. The van der Waals surface area contributed by atoms with Crippen LogP contribution in [0.25, 0.3) is 0 Å². The SMILES string of the molecule is Cn1cc(CN2CCNc3cnc(Nc4ccccc4)cc3C2)cn1. The topological polar surface area (TPSA) is 58.0 Å². The van der Waals surface area contributed by atoms with Crippen molar-refractivity contribution in [2.24, 2.45) is 7.05 Å². The molecule has 25 heavy (non-hydrogen) atoms. The summed E-state index contributed by atoms with van der Waals surface area (Å²) in [6, 6.07) is 12.3. The van der Waals surface area contributed by atoms with Crippen LogP contribution in [0.1, 0.15) is 11.1 Å². The van der Waals surface area contributed by atoms with Crippen LogP contribution in [0.3, 0.4) is 0 Å². The first kappa shape index (κ1) is 15.7. The van der Waals surface area contributed by atoms with Gasteiger partial charge in [-0.25, -0.2) is 4.98 Å². The summed E-state index contributed by atoms with van der Waals surface area (Å²) in [5.41, 5.74) is 4.66. The number of nitrogens with one attached hydrogen (secondary N) is 2. The third-order valence-corrected chi connectivity index (χ3v) is 4.34. The fraction of sp³-hybridized carbons (Fsp3) is 0.263. The predicted octanol–water partition coefficient (Wildman–Crippen LogP) is 2.99. The quantitative estimate of drug-likeness (QED) is 0.768. The van der Waals surface area contributed by atoms with Gasteiger partial charge in [-0.1, -0.05) is 18.2 Å². The third kappa shape index (κ3) is 3.80. The van der Waals surface area contributed by atoms with E-state index in [0.717, 1.165) is 43.4 Å². The molecule has 0 radical (unpaired) electrons. The minimum Gasteiger partial charge on any atom is -0.382 e. The second-order valence-corrected chi connectivity index (χ2v) is 6.38. The Morgan fingerprint density at radius 1 is 1.20 bits per heavy atom. The van der Waals surface area contributed by atoms with Gasteiger partial charge in [0.05, 0.1) is 18.1 Å². The Labute approximate surface area is 147 Å². The summed E-state index contributed by atoms with van der Waals surface area (Å²) in [6.45, 7) is 3.70. The molecule has 0 atom stereocenters. The molecule has 3 aromatic rings. The van der Waals surface area contributed by atoms with Gasteiger partial charge in [0.25, 0.3) is 0 Å². The minimum absolute atomic E-state index is 0.870. The Balaban J connectivity index is 1.51. The average Bonchev–Trinajstić information content (AvgIpc) is 2.91. The van der Waals surface area contributed by atoms with Gasteiger partial charge in [0, 0.05) is 50.7 Å². The molecule has 0 saturated heterocycles. The van der Waals surface area contributed by atoms with Crippen molar-refractivity contribution in [3.05, 3.63) is 66.1 Å². The molecule has 6 heteroatoms. The van der Waals surface area contributed by atoms with Gasteiger partial charge in [0.15, 0.2) is 0 Å². The van der Waals surface area contributed by atoms with Crippen LogP contribution in [0.5, 0.6) is 0 Å². The summed E-state index contributed by atoms with van der Waals surface area (Å²) in [5, 5.41) is 11.1. The van der Waals surface area contributed by atoms with Gasteiger partial charge in [-0.05, 0) is 23.8 Å². The van der Waals surface area contributed by atoms with Crippen molar-refractivity contribution in [3.63, 3.8) is 0 Å². The Hall–Kier alpha value is -2.86. The first-order valence-corrected chi connectivity index (χ1v) is 8.51. The molecule has 0 fully saturated rings. The minimum atomic E-state index is 0.870. The lowest BCUT2D eigenvalue weighted by Gasteiger charge is -2.19. The zero-order valence-corrected chi connectivity index (χ0v) is 14.3.